The van der Waals surface area contributed by atoms with Gasteiger partial charge in [-0.05, 0) is 51.0 Å². The predicted molar refractivity (Wildman–Crippen MR) is 115 cm³/mol. The molecule has 3 rings (SSSR count). The number of hydrogen-bond donors (Lipinski definition) is 1. The minimum Gasteiger partial charge on any atom is -0.353 e. The minimum atomic E-state index is -0.379. The van der Waals surface area contributed by atoms with Crippen molar-refractivity contribution in [2.45, 2.75) is 50.6 Å². The van der Waals surface area contributed by atoms with Gasteiger partial charge in [-0.15, -0.1) is 0 Å². The molecule has 0 saturated heterocycles. The first-order valence-corrected chi connectivity index (χ1v) is 10.4. The molecule has 0 bridgehead atoms. The number of carbonyl (C=O) groups excluding carboxylic acids is 1. The van der Waals surface area contributed by atoms with Crippen LogP contribution in [0.3, 0.4) is 0 Å². The molecular weight excluding hydrogens is 370 g/mol. The summed E-state index contributed by atoms with van der Waals surface area (Å²) in [7, 11) is 0. The van der Waals surface area contributed by atoms with Gasteiger partial charge in [-0.25, -0.2) is 4.98 Å². The van der Waals surface area contributed by atoms with Crippen molar-refractivity contribution in [1.29, 1.82) is 0 Å². The Bertz CT molecular complexity index is 1060. The van der Waals surface area contributed by atoms with Gasteiger partial charge in [0.2, 0.25) is 5.91 Å². The van der Waals surface area contributed by atoms with Crippen molar-refractivity contribution in [3.05, 3.63) is 64.4 Å². The smallest absolute Gasteiger partial charge is 0.266 e. The van der Waals surface area contributed by atoms with Crippen LogP contribution in [0.4, 0.5) is 0 Å². The molecule has 0 unspecified atom stereocenters. The second kappa shape index (κ2) is 8.61. The Labute approximate surface area is 169 Å². The number of fused-ring (bicyclic) bond motifs is 1. The molecule has 1 atom stereocenters. The van der Waals surface area contributed by atoms with Crippen molar-refractivity contribution in [2.75, 3.05) is 0 Å². The Hall–Kier alpha value is -2.60. The molecule has 1 aromatic heterocycles. The van der Waals surface area contributed by atoms with E-state index in [2.05, 4.69) is 12.2 Å². The third-order valence-corrected chi connectivity index (χ3v) is 5.49. The highest BCUT2D eigenvalue weighted by molar-refractivity contribution is 8.00. The van der Waals surface area contributed by atoms with Crippen molar-refractivity contribution in [1.82, 2.24) is 14.9 Å². The van der Waals surface area contributed by atoms with E-state index in [9.17, 15) is 9.59 Å². The van der Waals surface area contributed by atoms with E-state index >= 15 is 0 Å². The summed E-state index contributed by atoms with van der Waals surface area (Å²) in [4.78, 5) is 30.5. The van der Waals surface area contributed by atoms with Crippen LogP contribution in [0.5, 0.6) is 0 Å². The van der Waals surface area contributed by atoms with Gasteiger partial charge in [-0.2, -0.15) is 0 Å². The van der Waals surface area contributed by atoms with E-state index in [4.69, 9.17) is 4.98 Å². The normalized spacial score (nSPS) is 12.3. The summed E-state index contributed by atoms with van der Waals surface area (Å²) in [6.07, 6.45) is 0.795. The summed E-state index contributed by atoms with van der Waals surface area (Å²) in [5, 5.41) is 3.63. The quantitative estimate of drug-likeness (QED) is 0.507. The molecule has 2 aromatic carbocycles. The Morgan fingerprint density at radius 2 is 1.79 bits per heavy atom. The molecule has 3 aromatic rings. The first-order valence-electron chi connectivity index (χ1n) is 9.49. The second-order valence-electron chi connectivity index (χ2n) is 6.96. The maximum absolute atomic E-state index is 13.4. The highest BCUT2D eigenvalue weighted by Gasteiger charge is 2.21. The van der Waals surface area contributed by atoms with Crippen LogP contribution in [-0.4, -0.2) is 26.8 Å². The molecule has 0 aliphatic rings. The summed E-state index contributed by atoms with van der Waals surface area (Å²) in [6.45, 7) is 7.75. The maximum Gasteiger partial charge on any atom is 0.266 e. The molecule has 1 N–H and O–H groups in total. The van der Waals surface area contributed by atoms with Gasteiger partial charge in [0.25, 0.3) is 5.56 Å². The molecule has 28 heavy (non-hydrogen) atoms. The zero-order valence-electron chi connectivity index (χ0n) is 16.6. The Morgan fingerprint density at radius 3 is 2.50 bits per heavy atom. The lowest BCUT2D eigenvalue weighted by molar-refractivity contribution is -0.120. The molecule has 0 spiro atoms. The minimum absolute atomic E-state index is 0.0584. The monoisotopic (exact) mass is 395 g/mol. The van der Waals surface area contributed by atoms with Crippen LogP contribution in [0.15, 0.2) is 58.5 Å². The van der Waals surface area contributed by atoms with Crippen molar-refractivity contribution in [3.8, 4) is 5.69 Å². The fourth-order valence-electron chi connectivity index (χ4n) is 3.05. The molecule has 0 saturated carbocycles. The number of nitrogens with one attached hydrogen (secondary N) is 1. The number of nitrogens with zero attached hydrogens (tertiary/aromatic N) is 2. The van der Waals surface area contributed by atoms with E-state index in [1.54, 1.807) is 10.6 Å². The second-order valence-corrected chi connectivity index (χ2v) is 8.27. The molecule has 1 heterocycles. The number of amides is 1. The van der Waals surface area contributed by atoms with Gasteiger partial charge in [-0.1, -0.05) is 49.0 Å². The van der Waals surface area contributed by atoms with Crippen molar-refractivity contribution in [3.63, 3.8) is 0 Å². The average molecular weight is 396 g/mol. The van der Waals surface area contributed by atoms with E-state index in [1.165, 1.54) is 11.8 Å². The van der Waals surface area contributed by atoms with Gasteiger partial charge in [0.15, 0.2) is 5.16 Å². The zero-order chi connectivity index (χ0) is 20.3. The first-order chi connectivity index (χ1) is 13.4. The summed E-state index contributed by atoms with van der Waals surface area (Å²) >= 11 is 1.30. The van der Waals surface area contributed by atoms with Gasteiger partial charge in [0.05, 0.1) is 21.8 Å². The molecule has 146 valence electrons. The van der Waals surface area contributed by atoms with Gasteiger partial charge in [-0.3, -0.25) is 14.2 Å². The number of aromatic nitrogens is 2. The molecule has 6 heteroatoms. The van der Waals surface area contributed by atoms with Gasteiger partial charge >= 0.3 is 0 Å². The Balaban J connectivity index is 2.18. The van der Waals surface area contributed by atoms with Crippen LogP contribution in [-0.2, 0) is 11.2 Å². The van der Waals surface area contributed by atoms with Crippen LogP contribution in [0.2, 0.25) is 0 Å². The van der Waals surface area contributed by atoms with Crippen LogP contribution in [0.1, 0.15) is 33.3 Å². The number of hydrogen-bond acceptors (Lipinski definition) is 4. The summed E-state index contributed by atoms with van der Waals surface area (Å²) in [5.41, 5.74) is 2.39. The first kappa shape index (κ1) is 20.1. The summed E-state index contributed by atoms with van der Waals surface area (Å²) in [6, 6.07) is 15.2. The SMILES string of the molecule is CCc1ccccc1-n1c(S[C@@H](C)C(=O)NC(C)C)nc2ccccc2c1=O. The number of para-hydroxylation sites is 2. The number of aryl methyl sites for hydroxylation is 1. The van der Waals surface area contributed by atoms with Crippen LogP contribution in [0, 0.1) is 0 Å². The number of carbonyl (C=O) groups is 1. The highest BCUT2D eigenvalue weighted by Crippen LogP contribution is 2.26. The van der Waals surface area contributed by atoms with Crippen molar-refractivity contribution < 1.29 is 4.79 Å². The third-order valence-electron chi connectivity index (χ3n) is 4.44. The average Bonchev–Trinajstić information content (AvgIpc) is 2.68. The van der Waals surface area contributed by atoms with E-state index in [0.29, 0.717) is 16.1 Å². The Morgan fingerprint density at radius 1 is 1.11 bits per heavy atom. The summed E-state index contributed by atoms with van der Waals surface area (Å²) < 4.78 is 1.64. The third kappa shape index (κ3) is 4.12. The van der Waals surface area contributed by atoms with Gasteiger partial charge in [0.1, 0.15) is 0 Å². The van der Waals surface area contributed by atoms with E-state index in [0.717, 1.165) is 17.7 Å². The van der Waals surface area contributed by atoms with Crippen LogP contribution < -0.4 is 10.9 Å². The topological polar surface area (TPSA) is 64.0 Å². The molecule has 0 fully saturated rings. The standard InChI is InChI=1S/C22H25N3O2S/c1-5-16-10-6-9-13-19(16)25-21(27)17-11-7-8-12-18(17)24-22(25)28-15(4)20(26)23-14(2)3/h6-15H,5H2,1-4H3,(H,23,26)/t15-/m0/s1. The predicted octanol–water partition coefficient (Wildman–Crippen LogP) is 3.95. The molecule has 0 aliphatic heterocycles. The Kier molecular flexibility index (Phi) is 6.19. The summed E-state index contributed by atoms with van der Waals surface area (Å²) in [5.74, 6) is -0.0715. The molecular formula is C22H25N3O2S. The number of benzene rings is 2. The lowest BCUT2D eigenvalue weighted by Gasteiger charge is -2.19. The number of rotatable bonds is 6. The van der Waals surface area contributed by atoms with Gasteiger partial charge in [0, 0.05) is 6.04 Å². The van der Waals surface area contributed by atoms with Gasteiger partial charge < -0.3 is 5.32 Å². The highest BCUT2D eigenvalue weighted by atomic mass is 32.2. The molecule has 0 aliphatic carbocycles. The zero-order valence-corrected chi connectivity index (χ0v) is 17.4. The van der Waals surface area contributed by atoms with E-state index in [1.807, 2.05) is 63.2 Å². The van der Waals surface area contributed by atoms with Crippen molar-refractivity contribution >= 4 is 28.6 Å². The fourth-order valence-corrected chi connectivity index (χ4v) is 3.97. The molecule has 0 radical (unpaired) electrons. The van der Waals surface area contributed by atoms with E-state index in [-0.39, 0.29) is 22.8 Å². The number of thioether (sulfide) groups is 1. The van der Waals surface area contributed by atoms with Crippen molar-refractivity contribution in [2.24, 2.45) is 0 Å². The van der Waals surface area contributed by atoms with E-state index < -0.39 is 0 Å². The lowest BCUT2D eigenvalue weighted by Crippen LogP contribution is -2.36. The maximum atomic E-state index is 13.4. The lowest BCUT2D eigenvalue weighted by atomic mass is 10.1. The van der Waals surface area contributed by atoms with Crippen LogP contribution >= 0.6 is 11.8 Å². The van der Waals surface area contributed by atoms with Crippen LogP contribution in [0.25, 0.3) is 16.6 Å². The molecule has 1 amide bonds. The fraction of sp³-hybridized carbons (Fsp3) is 0.318. The molecule has 5 nitrogen and oxygen atoms in total. The largest absolute Gasteiger partial charge is 0.353 e.